The van der Waals surface area contributed by atoms with Crippen LogP contribution in [0.2, 0.25) is 0 Å². The summed E-state index contributed by atoms with van der Waals surface area (Å²) in [7, 11) is 0. The number of aromatic nitrogens is 2. The Morgan fingerprint density at radius 3 is 2.53 bits per heavy atom. The highest BCUT2D eigenvalue weighted by molar-refractivity contribution is 5.80. The maximum Gasteiger partial charge on any atom is 0.246 e. The van der Waals surface area contributed by atoms with Gasteiger partial charge in [0, 0.05) is 30.9 Å². The fourth-order valence-electron chi connectivity index (χ4n) is 4.12. The van der Waals surface area contributed by atoms with Gasteiger partial charge in [0.1, 0.15) is 6.54 Å². The van der Waals surface area contributed by atoms with Crippen LogP contribution in [0.1, 0.15) is 29.9 Å². The van der Waals surface area contributed by atoms with Crippen molar-refractivity contribution in [3.63, 3.8) is 0 Å². The molecule has 2 heterocycles. The molecule has 1 amide bonds. The number of piperidine rings is 1. The molecule has 2 aromatic carbocycles. The number of amides is 1. The first-order valence-corrected chi connectivity index (χ1v) is 11.1. The number of anilines is 1. The van der Waals surface area contributed by atoms with Crippen molar-refractivity contribution in [1.82, 2.24) is 15.0 Å². The fourth-order valence-corrected chi connectivity index (χ4v) is 4.12. The summed E-state index contributed by atoms with van der Waals surface area (Å²) in [5, 5.41) is 4.10. The van der Waals surface area contributed by atoms with Gasteiger partial charge in [0.25, 0.3) is 0 Å². The van der Waals surface area contributed by atoms with Crippen LogP contribution < -0.4 is 4.90 Å². The molecule has 3 aromatic rings. The van der Waals surface area contributed by atoms with E-state index in [1.54, 1.807) is 11.0 Å². The van der Waals surface area contributed by atoms with Crippen LogP contribution in [-0.4, -0.2) is 40.6 Å². The lowest BCUT2D eigenvalue weighted by Gasteiger charge is -2.35. The molecule has 6 nitrogen and oxygen atoms in total. The summed E-state index contributed by atoms with van der Waals surface area (Å²) in [5.74, 6) is 1.01. The van der Waals surface area contributed by atoms with Gasteiger partial charge in [0.2, 0.25) is 17.6 Å². The molecule has 0 aliphatic carbocycles. The maximum atomic E-state index is 13.4. The zero-order valence-corrected chi connectivity index (χ0v) is 18.8. The first kappa shape index (κ1) is 21.8. The number of carbonyl (C=O) groups excluding carboxylic acids is 1. The minimum absolute atomic E-state index is 0.0653. The zero-order valence-electron chi connectivity index (χ0n) is 18.8. The van der Waals surface area contributed by atoms with Gasteiger partial charge in [-0.25, -0.2) is 0 Å². The van der Waals surface area contributed by atoms with Gasteiger partial charge in [0.15, 0.2) is 0 Å². The van der Waals surface area contributed by atoms with Gasteiger partial charge in [-0.3, -0.25) is 4.79 Å². The molecule has 6 heteroatoms. The third kappa shape index (κ3) is 5.07. The van der Waals surface area contributed by atoms with Crippen molar-refractivity contribution in [2.24, 2.45) is 5.92 Å². The van der Waals surface area contributed by atoms with Crippen LogP contribution in [0.4, 0.5) is 5.69 Å². The zero-order chi connectivity index (χ0) is 22.5. The van der Waals surface area contributed by atoms with Gasteiger partial charge in [-0.1, -0.05) is 58.8 Å². The average Bonchev–Trinajstić information content (AvgIpc) is 3.28. The van der Waals surface area contributed by atoms with Gasteiger partial charge in [0.05, 0.1) is 5.92 Å². The Kier molecular flexibility index (Phi) is 6.69. The predicted octanol–water partition coefficient (Wildman–Crippen LogP) is 4.78. The fraction of sp³-hybridized carbons (Fsp3) is 0.346. The third-order valence-corrected chi connectivity index (χ3v) is 5.93. The van der Waals surface area contributed by atoms with E-state index >= 15 is 0 Å². The molecule has 1 aliphatic rings. The van der Waals surface area contributed by atoms with Crippen molar-refractivity contribution < 1.29 is 9.32 Å². The van der Waals surface area contributed by atoms with E-state index in [0.29, 0.717) is 24.8 Å². The monoisotopic (exact) mass is 430 g/mol. The van der Waals surface area contributed by atoms with Gasteiger partial charge in [-0.05, 0) is 38.8 Å². The predicted molar refractivity (Wildman–Crippen MR) is 126 cm³/mol. The van der Waals surface area contributed by atoms with Gasteiger partial charge in [-0.15, -0.1) is 6.58 Å². The molecule has 32 heavy (non-hydrogen) atoms. The molecule has 1 atom stereocenters. The van der Waals surface area contributed by atoms with E-state index in [9.17, 15) is 4.79 Å². The molecule has 0 N–H and O–H groups in total. The van der Waals surface area contributed by atoms with Crippen LogP contribution in [0.5, 0.6) is 0 Å². The van der Waals surface area contributed by atoms with E-state index in [0.717, 1.165) is 24.9 Å². The van der Waals surface area contributed by atoms with Crippen LogP contribution in [-0.2, 0) is 11.3 Å². The smallest absolute Gasteiger partial charge is 0.246 e. The first-order valence-electron chi connectivity index (χ1n) is 11.1. The normalized spacial score (nSPS) is 16.1. The largest absolute Gasteiger partial charge is 0.371 e. The van der Waals surface area contributed by atoms with Gasteiger partial charge < -0.3 is 14.3 Å². The lowest BCUT2D eigenvalue weighted by Crippen LogP contribution is -2.44. The molecule has 1 aliphatic heterocycles. The maximum absolute atomic E-state index is 13.4. The summed E-state index contributed by atoms with van der Waals surface area (Å²) < 4.78 is 5.47. The Morgan fingerprint density at radius 1 is 1.16 bits per heavy atom. The molecule has 0 bridgehead atoms. The number of rotatable bonds is 7. The number of carbonyl (C=O) groups is 1. The number of hydrogen-bond acceptors (Lipinski definition) is 5. The quantitative estimate of drug-likeness (QED) is 0.505. The van der Waals surface area contributed by atoms with Crippen LogP contribution in [0.3, 0.4) is 0 Å². The number of benzene rings is 2. The highest BCUT2D eigenvalue weighted by Gasteiger charge is 2.30. The molecule has 0 saturated carbocycles. The molecule has 0 unspecified atom stereocenters. The van der Waals surface area contributed by atoms with Crippen molar-refractivity contribution in [2.45, 2.75) is 33.2 Å². The summed E-state index contributed by atoms with van der Waals surface area (Å²) in [4.78, 5) is 22.0. The second-order valence-corrected chi connectivity index (χ2v) is 8.51. The van der Waals surface area contributed by atoms with E-state index < -0.39 is 0 Å². The Labute approximate surface area is 189 Å². The summed E-state index contributed by atoms with van der Waals surface area (Å²) >= 11 is 0. The number of aryl methyl sites for hydroxylation is 2. The minimum Gasteiger partial charge on any atom is -0.371 e. The Balaban J connectivity index is 1.45. The second kappa shape index (κ2) is 9.81. The summed E-state index contributed by atoms with van der Waals surface area (Å²) in [6.45, 7) is 10.4. The van der Waals surface area contributed by atoms with E-state index in [2.05, 4.69) is 52.8 Å². The SMILES string of the molecule is C=CCN(Cc1nc(-c2ccc(C)cc2)no1)C(=O)[C@H]1CCCN(c2ccc(C)cc2)C1. The molecule has 166 valence electrons. The standard InChI is InChI=1S/C26H30N4O2/c1-4-15-30(18-24-27-25(28-32-24)21-11-7-19(2)8-12-21)26(31)22-6-5-16-29(17-22)23-13-9-20(3)10-14-23/h4,7-14,22H,1,5-6,15-18H2,2-3H3/t22-/m0/s1. The van der Waals surface area contributed by atoms with E-state index in [1.807, 2.05) is 31.2 Å². The van der Waals surface area contributed by atoms with E-state index in [-0.39, 0.29) is 18.4 Å². The number of hydrogen-bond donors (Lipinski definition) is 0. The third-order valence-electron chi connectivity index (χ3n) is 5.93. The topological polar surface area (TPSA) is 62.5 Å². The molecule has 0 radical (unpaired) electrons. The molecule has 1 aromatic heterocycles. The van der Waals surface area contributed by atoms with Crippen LogP contribution in [0, 0.1) is 19.8 Å². The van der Waals surface area contributed by atoms with E-state index in [1.165, 1.54) is 16.8 Å². The van der Waals surface area contributed by atoms with Gasteiger partial charge >= 0.3 is 0 Å². The molecule has 1 fully saturated rings. The Morgan fingerprint density at radius 2 is 1.84 bits per heavy atom. The van der Waals surface area contributed by atoms with Crippen molar-refractivity contribution >= 4 is 11.6 Å². The van der Waals surface area contributed by atoms with Crippen molar-refractivity contribution in [3.8, 4) is 11.4 Å². The van der Waals surface area contributed by atoms with Crippen LogP contribution in [0.25, 0.3) is 11.4 Å². The van der Waals surface area contributed by atoms with E-state index in [4.69, 9.17) is 4.52 Å². The Bertz CT molecular complexity index is 1060. The van der Waals surface area contributed by atoms with Gasteiger partial charge in [-0.2, -0.15) is 4.98 Å². The molecule has 4 rings (SSSR count). The molecule has 1 saturated heterocycles. The number of nitrogens with zero attached hydrogens (tertiary/aromatic N) is 4. The summed E-state index contributed by atoms with van der Waals surface area (Å²) in [5.41, 5.74) is 4.48. The van der Waals surface area contributed by atoms with Crippen molar-refractivity contribution in [3.05, 3.63) is 78.2 Å². The van der Waals surface area contributed by atoms with Crippen LogP contribution >= 0.6 is 0 Å². The molecule has 0 spiro atoms. The average molecular weight is 431 g/mol. The highest BCUT2D eigenvalue weighted by atomic mass is 16.5. The lowest BCUT2D eigenvalue weighted by atomic mass is 9.95. The van der Waals surface area contributed by atoms with Crippen molar-refractivity contribution in [1.29, 1.82) is 0 Å². The minimum atomic E-state index is -0.0653. The lowest BCUT2D eigenvalue weighted by molar-refractivity contribution is -0.136. The second-order valence-electron chi connectivity index (χ2n) is 8.51. The first-order chi connectivity index (χ1) is 15.5. The molecular weight excluding hydrogens is 400 g/mol. The Hall–Kier alpha value is -3.41. The van der Waals surface area contributed by atoms with Crippen LogP contribution in [0.15, 0.2) is 65.7 Å². The summed E-state index contributed by atoms with van der Waals surface area (Å²) in [6.07, 6.45) is 3.62. The highest BCUT2D eigenvalue weighted by Crippen LogP contribution is 2.25. The summed E-state index contributed by atoms with van der Waals surface area (Å²) in [6, 6.07) is 16.5. The molecular formula is C26H30N4O2. The van der Waals surface area contributed by atoms with Crippen molar-refractivity contribution in [2.75, 3.05) is 24.5 Å².